The standard InChI is InChI=1S/C20H20BrN3O2S/c1-14-20(15(2)23(22-14)13-16-7-9-18(21)10-8-16)27(25,26)24-12-11-17-5-3-4-6-19(17)24/h3-10H,11-13H2,1-2H3. The zero-order chi connectivity index (χ0) is 19.2. The fourth-order valence-electron chi connectivity index (χ4n) is 3.64. The summed E-state index contributed by atoms with van der Waals surface area (Å²) in [5, 5.41) is 4.52. The molecule has 1 aliphatic heterocycles. The highest BCUT2D eigenvalue weighted by Gasteiger charge is 2.34. The summed E-state index contributed by atoms with van der Waals surface area (Å²) in [6.07, 6.45) is 0.737. The van der Waals surface area contributed by atoms with Crippen LogP contribution in [0.15, 0.2) is 57.9 Å². The van der Waals surface area contributed by atoms with Crippen molar-refractivity contribution in [1.82, 2.24) is 9.78 Å². The molecule has 1 aliphatic rings. The Labute approximate surface area is 167 Å². The maximum Gasteiger partial charge on any atom is 0.268 e. The molecule has 4 rings (SSSR count). The first kappa shape index (κ1) is 18.3. The molecular weight excluding hydrogens is 426 g/mol. The molecule has 0 unspecified atom stereocenters. The molecular formula is C20H20BrN3O2S. The Balaban J connectivity index is 1.72. The summed E-state index contributed by atoms with van der Waals surface area (Å²) in [5.74, 6) is 0. The van der Waals surface area contributed by atoms with Crippen LogP contribution in [-0.2, 0) is 23.0 Å². The number of rotatable bonds is 4. The highest BCUT2D eigenvalue weighted by Crippen LogP contribution is 2.34. The highest BCUT2D eigenvalue weighted by atomic mass is 79.9. The fourth-order valence-corrected chi connectivity index (χ4v) is 5.78. The van der Waals surface area contributed by atoms with Crippen molar-refractivity contribution < 1.29 is 8.42 Å². The molecule has 2 heterocycles. The van der Waals surface area contributed by atoms with Gasteiger partial charge in [0, 0.05) is 11.0 Å². The average Bonchev–Trinajstić information content (AvgIpc) is 3.19. The third-order valence-electron chi connectivity index (χ3n) is 4.95. The van der Waals surface area contributed by atoms with Gasteiger partial charge < -0.3 is 0 Å². The van der Waals surface area contributed by atoms with Gasteiger partial charge in [0.2, 0.25) is 0 Å². The van der Waals surface area contributed by atoms with Crippen LogP contribution in [0.1, 0.15) is 22.5 Å². The van der Waals surface area contributed by atoms with Crippen LogP contribution in [0.3, 0.4) is 0 Å². The number of para-hydroxylation sites is 1. The van der Waals surface area contributed by atoms with Gasteiger partial charge in [0.05, 0.1) is 23.6 Å². The van der Waals surface area contributed by atoms with E-state index in [4.69, 9.17) is 0 Å². The van der Waals surface area contributed by atoms with Gasteiger partial charge in [-0.1, -0.05) is 46.3 Å². The molecule has 0 fully saturated rings. The lowest BCUT2D eigenvalue weighted by atomic mass is 10.2. The van der Waals surface area contributed by atoms with Crippen LogP contribution >= 0.6 is 15.9 Å². The zero-order valence-electron chi connectivity index (χ0n) is 15.2. The highest BCUT2D eigenvalue weighted by molar-refractivity contribution is 9.10. The van der Waals surface area contributed by atoms with Crippen LogP contribution in [0.4, 0.5) is 5.69 Å². The van der Waals surface area contributed by atoms with E-state index in [1.165, 1.54) is 4.31 Å². The molecule has 0 radical (unpaired) electrons. The Kier molecular flexibility index (Phi) is 4.60. The molecule has 0 bridgehead atoms. The van der Waals surface area contributed by atoms with Gasteiger partial charge in [0.15, 0.2) is 0 Å². The first-order valence-electron chi connectivity index (χ1n) is 8.77. The molecule has 0 saturated carbocycles. The van der Waals surface area contributed by atoms with Crippen LogP contribution < -0.4 is 4.31 Å². The summed E-state index contributed by atoms with van der Waals surface area (Å²) in [7, 11) is -3.65. The van der Waals surface area contributed by atoms with Crippen LogP contribution in [0.2, 0.25) is 0 Å². The number of aryl methyl sites for hydroxylation is 1. The molecule has 0 saturated heterocycles. The van der Waals surface area contributed by atoms with E-state index in [0.29, 0.717) is 29.4 Å². The Morgan fingerprint density at radius 2 is 1.78 bits per heavy atom. The van der Waals surface area contributed by atoms with Crippen molar-refractivity contribution in [1.29, 1.82) is 0 Å². The van der Waals surface area contributed by atoms with Gasteiger partial charge in [-0.25, -0.2) is 8.42 Å². The first-order valence-corrected chi connectivity index (χ1v) is 11.0. The van der Waals surface area contributed by atoms with Crippen molar-refractivity contribution in [3.05, 3.63) is 75.5 Å². The Hall–Kier alpha value is -2.12. The van der Waals surface area contributed by atoms with E-state index in [2.05, 4.69) is 21.0 Å². The molecule has 0 spiro atoms. The van der Waals surface area contributed by atoms with Gasteiger partial charge >= 0.3 is 0 Å². The van der Waals surface area contributed by atoms with E-state index in [-0.39, 0.29) is 0 Å². The molecule has 0 aliphatic carbocycles. The predicted octanol–water partition coefficient (Wildman–Crippen LogP) is 4.06. The van der Waals surface area contributed by atoms with Crippen LogP contribution in [-0.4, -0.2) is 24.7 Å². The van der Waals surface area contributed by atoms with Gasteiger partial charge in [0.25, 0.3) is 10.0 Å². The Morgan fingerprint density at radius 3 is 2.52 bits per heavy atom. The minimum Gasteiger partial charge on any atom is -0.266 e. The molecule has 0 atom stereocenters. The van der Waals surface area contributed by atoms with Crippen LogP contribution in [0.25, 0.3) is 0 Å². The van der Waals surface area contributed by atoms with Gasteiger partial charge in [0.1, 0.15) is 4.90 Å². The minimum absolute atomic E-state index is 0.316. The summed E-state index contributed by atoms with van der Waals surface area (Å²) in [5.41, 5.74) is 4.11. The number of benzene rings is 2. The van der Waals surface area contributed by atoms with E-state index >= 15 is 0 Å². The number of fused-ring (bicyclic) bond motifs is 1. The fraction of sp³-hybridized carbons (Fsp3) is 0.250. The number of hydrogen-bond donors (Lipinski definition) is 0. The van der Waals surface area contributed by atoms with E-state index in [1.54, 1.807) is 11.6 Å². The third kappa shape index (κ3) is 3.19. The Bertz CT molecular complexity index is 1100. The monoisotopic (exact) mass is 445 g/mol. The summed E-state index contributed by atoms with van der Waals surface area (Å²) >= 11 is 3.43. The summed E-state index contributed by atoms with van der Waals surface area (Å²) in [4.78, 5) is 0.316. The summed E-state index contributed by atoms with van der Waals surface area (Å²) in [6.45, 7) is 4.60. The molecule has 27 heavy (non-hydrogen) atoms. The van der Waals surface area contributed by atoms with Crippen molar-refractivity contribution in [2.24, 2.45) is 0 Å². The number of sulfonamides is 1. The topological polar surface area (TPSA) is 55.2 Å². The van der Waals surface area contributed by atoms with E-state index in [1.807, 2.05) is 55.5 Å². The number of halogens is 1. The smallest absolute Gasteiger partial charge is 0.266 e. The average molecular weight is 446 g/mol. The molecule has 1 aromatic heterocycles. The van der Waals surface area contributed by atoms with Crippen LogP contribution in [0, 0.1) is 13.8 Å². The second-order valence-electron chi connectivity index (χ2n) is 6.74. The van der Waals surface area contributed by atoms with Crippen LogP contribution in [0.5, 0.6) is 0 Å². The maximum atomic E-state index is 13.4. The SMILES string of the molecule is Cc1nn(Cc2ccc(Br)cc2)c(C)c1S(=O)(=O)N1CCc2ccccc21. The summed E-state index contributed by atoms with van der Waals surface area (Å²) < 4.78 is 31.1. The number of aromatic nitrogens is 2. The number of anilines is 1. The predicted molar refractivity (Wildman–Crippen MR) is 110 cm³/mol. The lowest BCUT2D eigenvalue weighted by molar-refractivity contribution is 0.590. The largest absolute Gasteiger partial charge is 0.268 e. The normalized spacial score (nSPS) is 13.8. The lowest BCUT2D eigenvalue weighted by Crippen LogP contribution is -2.30. The number of nitrogens with zero attached hydrogens (tertiary/aromatic N) is 3. The van der Waals surface area contributed by atoms with Crippen molar-refractivity contribution >= 4 is 31.6 Å². The molecule has 140 valence electrons. The molecule has 0 amide bonds. The summed E-state index contributed by atoms with van der Waals surface area (Å²) in [6, 6.07) is 15.6. The lowest BCUT2D eigenvalue weighted by Gasteiger charge is -2.19. The van der Waals surface area contributed by atoms with Crippen molar-refractivity contribution in [2.45, 2.75) is 31.7 Å². The van der Waals surface area contributed by atoms with Crippen molar-refractivity contribution in [3.63, 3.8) is 0 Å². The minimum atomic E-state index is -3.65. The van der Waals surface area contributed by atoms with E-state index in [9.17, 15) is 8.42 Å². The van der Waals surface area contributed by atoms with E-state index < -0.39 is 10.0 Å². The zero-order valence-corrected chi connectivity index (χ0v) is 17.6. The third-order valence-corrected chi connectivity index (χ3v) is 7.55. The maximum absolute atomic E-state index is 13.4. The molecule has 2 aromatic carbocycles. The van der Waals surface area contributed by atoms with Gasteiger partial charge in [-0.15, -0.1) is 0 Å². The molecule has 7 heteroatoms. The second-order valence-corrected chi connectivity index (χ2v) is 9.45. The first-order chi connectivity index (χ1) is 12.9. The molecule has 3 aromatic rings. The van der Waals surface area contributed by atoms with Gasteiger partial charge in [-0.3, -0.25) is 8.99 Å². The van der Waals surface area contributed by atoms with Gasteiger partial charge in [-0.05, 0) is 49.6 Å². The second kappa shape index (κ2) is 6.80. The van der Waals surface area contributed by atoms with Crippen molar-refractivity contribution in [2.75, 3.05) is 10.8 Å². The van der Waals surface area contributed by atoms with Gasteiger partial charge in [-0.2, -0.15) is 5.10 Å². The van der Waals surface area contributed by atoms with Crippen molar-refractivity contribution in [3.8, 4) is 0 Å². The quantitative estimate of drug-likeness (QED) is 0.608. The Morgan fingerprint density at radius 1 is 1.07 bits per heavy atom. The number of hydrogen-bond acceptors (Lipinski definition) is 3. The molecule has 0 N–H and O–H groups in total. The van der Waals surface area contributed by atoms with E-state index in [0.717, 1.165) is 27.7 Å². The molecule has 5 nitrogen and oxygen atoms in total.